The number of morpholine rings is 1. The van der Waals surface area contributed by atoms with Crippen molar-refractivity contribution in [3.05, 3.63) is 28.2 Å². The highest BCUT2D eigenvalue weighted by Gasteiger charge is 2.18. The van der Waals surface area contributed by atoms with Crippen LogP contribution in [0.3, 0.4) is 0 Å². The monoisotopic (exact) mass is 315 g/mol. The second-order valence-corrected chi connectivity index (χ2v) is 5.33. The molecule has 1 aromatic carbocycles. The van der Waals surface area contributed by atoms with Crippen LogP contribution in [0.25, 0.3) is 0 Å². The molecule has 1 saturated heterocycles. The number of aliphatic hydroxyl groups excluding tert-OH is 1. The van der Waals surface area contributed by atoms with Gasteiger partial charge in [0.2, 0.25) is 0 Å². The van der Waals surface area contributed by atoms with Gasteiger partial charge < -0.3 is 19.5 Å². The van der Waals surface area contributed by atoms with Crippen LogP contribution in [0.2, 0.25) is 0 Å². The topological polar surface area (TPSA) is 41.9 Å². The van der Waals surface area contributed by atoms with Gasteiger partial charge in [0.15, 0.2) is 0 Å². The van der Waals surface area contributed by atoms with Crippen LogP contribution in [0.15, 0.2) is 22.7 Å². The predicted molar refractivity (Wildman–Crippen MR) is 72.8 cm³/mol. The maximum absolute atomic E-state index is 9.18. The third-order valence-corrected chi connectivity index (χ3v) is 3.74. The summed E-state index contributed by atoms with van der Waals surface area (Å²) in [5.74, 6) is 0.763. The largest absolute Gasteiger partial charge is 0.491 e. The molecular formula is C13H18BrNO3. The van der Waals surface area contributed by atoms with E-state index in [1.165, 1.54) is 0 Å². The van der Waals surface area contributed by atoms with Crippen molar-refractivity contribution in [2.45, 2.75) is 12.7 Å². The second kappa shape index (κ2) is 6.52. The van der Waals surface area contributed by atoms with Gasteiger partial charge in [-0.3, -0.25) is 0 Å². The van der Waals surface area contributed by atoms with Crippen molar-refractivity contribution < 1.29 is 14.6 Å². The van der Waals surface area contributed by atoms with Crippen LogP contribution in [0.1, 0.15) is 5.56 Å². The summed E-state index contributed by atoms with van der Waals surface area (Å²) in [7, 11) is 2.08. The SMILES string of the molecule is CN1CCOC(COc2ccc(Br)c(CO)c2)C1. The van der Waals surface area contributed by atoms with Gasteiger partial charge in [0, 0.05) is 17.6 Å². The smallest absolute Gasteiger partial charge is 0.119 e. The number of aliphatic hydroxyl groups is 1. The lowest BCUT2D eigenvalue weighted by molar-refractivity contribution is -0.0403. The molecule has 0 aromatic heterocycles. The third kappa shape index (κ3) is 3.68. The van der Waals surface area contributed by atoms with Crippen molar-refractivity contribution in [1.29, 1.82) is 0 Å². The summed E-state index contributed by atoms with van der Waals surface area (Å²) in [5, 5.41) is 9.18. The molecule has 2 rings (SSSR count). The molecule has 0 spiro atoms. The quantitative estimate of drug-likeness (QED) is 0.917. The standard InChI is InChI=1S/C13H18BrNO3/c1-15-4-5-17-12(7-15)9-18-11-2-3-13(14)10(6-11)8-16/h2-3,6,12,16H,4-5,7-9H2,1H3. The highest BCUT2D eigenvalue weighted by atomic mass is 79.9. The number of hydrogen-bond acceptors (Lipinski definition) is 4. The molecule has 0 radical (unpaired) electrons. The van der Waals surface area contributed by atoms with E-state index in [0.29, 0.717) is 6.61 Å². The Kier molecular flexibility index (Phi) is 5.00. The van der Waals surface area contributed by atoms with Crippen LogP contribution < -0.4 is 4.74 Å². The highest BCUT2D eigenvalue weighted by Crippen LogP contribution is 2.22. The zero-order valence-electron chi connectivity index (χ0n) is 10.4. The lowest BCUT2D eigenvalue weighted by Crippen LogP contribution is -2.42. The molecule has 0 bridgehead atoms. The first-order valence-corrected chi connectivity index (χ1v) is 6.80. The molecule has 0 amide bonds. The minimum absolute atomic E-state index is 0.000446. The summed E-state index contributed by atoms with van der Waals surface area (Å²) in [4.78, 5) is 2.23. The molecule has 5 heteroatoms. The fourth-order valence-electron chi connectivity index (χ4n) is 1.92. The summed E-state index contributed by atoms with van der Waals surface area (Å²) in [6, 6.07) is 5.61. The first kappa shape index (κ1) is 13.8. The summed E-state index contributed by atoms with van der Waals surface area (Å²) in [6.45, 7) is 3.16. The van der Waals surface area contributed by atoms with Crippen LogP contribution in [0.5, 0.6) is 5.75 Å². The van der Waals surface area contributed by atoms with E-state index >= 15 is 0 Å². The Morgan fingerprint density at radius 1 is 1.56 bits per heavy atom. The molecule has 1 unspecified atom stereocenters. The van der Waals surface area contributed by atoms with Crippen molar-refractivity contribution in [2.24, 2.45) is 0 Å². The normalized spacial score (nSPS) is 20.9. The van der Waals surface area contributed by atoms with Gasteiger partial charge in [-0.15, -0.1) is 0 Å². The van der Waals surface area contributed by atoms with Crippen LogP contribution in [-0.4, -0.2) is 49.5 Å². The maximum Gasteiger partial charge on any atom is 0.119 e. The molecule has 1 fully saturated rings. The van der Waals surface area contributed by atoms with Crippen LogP contribution in [0.4, 0.5) is 0 Å². The van der Waals surface area contributed by atoms with Gasteiger partial charge in [0.1, 0.15) is 18.5 Å². The van der Waals surface area contributed by atoms with E-state index in [9.17, 15) is 5.11 Å². The Balaban J connectivity index is 1.89. The van der Waals surface area contributed by atoms with Gasteiger partial charge in [-0.2, -0.15) is 0 Å². The number of likely N-dealkylation sites (N-methyl/N-ethyl adjacent to an activating group) is 1. The van der Waals surface area contributed by atoms with Crippen molar-refractivity contribution in [3.8, 4) is 5.75 Å². The summed E-state index contributed by atoms with van der Waals surface area (Å²) in [6.07, 6.45) is 0.116. The number of halogens is 1. The fraction of sp³-hybridized carbons (Fsp3) is 0.538. The van der Waals surface area contributed by atoms with Gasteiger partial charge in [-0.1, -0.05) is 15.9 Å². The zero-order chi connectivity index (χ0) is 13.0. The summed E-state index contributed by atoms with van der Waals surface area (Å²) in [5.41, 5.74) is 0.828. The first-order valence-electron chi connectivity index (χ1n) is 6.01. The minimum atomic E-state index is 0.000446. The Morgan fingerprint density at radius 3 is 3.11 bits per heavy atom. The van der Waals surface area contributed by atoms with Crippen LogP contribution in [0, 0.1) is 0 Å². The lowest BCUT2D eigenvalue weighted by Gasteiger charge is -2.29. The van der Waals surface area contributed by atoms with Gasteiger partial charge >= 0.3 is 0 Å². The van der Waals surface area contributed by atoms with E-state index in [2.05, 4.69) is 27.9 Å². The van der Waals surface area contributed by atoms with E-state index in [0.717, 1.165) is 35.5 Å². The van der Waals surface area contributed by atoms with Crippen molar-refractivity contribution in [2.75, 3.05) is 33.4 Å². The lowest BCUT2D eigenvalue weighted by atomic mass is 10.2. The number of rotatable bonds is 4. The number of ether oxygens (including phenoxy) is 2. The summed E-state index contributed by atoms with van der Waals surface area (Å²) >= 11 is 3.38. The maximum atomic E-state index is 9.18. The number of nitrogens with zero attached hydrogens (tertiary/aromatic N) is 1. The van der Waals surface area contributed by atoms with E-state index < -0.39 is 0 Å². The van der Waals surface area contributed by atoms with Crippen molar-refractivity contribution >= 4 is 15.9 Å². The molecule has 1 aromatic rings. The van der Waals surface area contributed by atoms with E-state index in [-0.39, 0.29) is 12.7 Å². The third-order valence-electron chi connectivity index (χ3n) is 2.97. The highest BCUT2D eigenvalue weighted by molar-refractivity contribution is 9.10. The Hall–Kier alpha value is -0.620. The average molecular weight is 316 g/mol. The zero-order valence-corrected chi connectivity index (χ0v) is 12.0. The van der Waals surface area contributed by atoms with Crippen molar-refractivity contribution in [1.82, 2.24) is 4.90 Å². The molecule has 1 aliphatic rings. The molecule has 4 nitrogen and oxygen atoms in total. The first-order chi connectivity index (χ1) is 8.69. The number of benzene rings is 1. The van der Waals surface area contributed by atoms with Gasteiger partial charge in [-0.25, -0.2) is 0 Å². The molecule has 0 aliphatic carbocycles. The molecule has 18 heavy (non-hydrogen) atoms. The van der Waals surface area contributed by atoms with Gasteiger partial charge in [0.05, 0.1) is 13.2 Å². The molecule has 1 N–H and O–H groups in total. The van der Waals surface area contributed by atoms with Gasteiger partial charge in [0.25, 0.3) is 0 Å². The summed E-state index contributed by atoms with van der Waals surface area (Å²) < 4.78 is 12.2. The molecule has 100 valence electrons. The van der Waals surface area contributed by atoms with Gasteiger partial charge in [-0.05, 0) is 30.8 Å². The minimum Gasteiger partial charge on any atom is -0.491 e. The predicted octanol–water partition coefficient (Wildman–Crippen LogP) is 1.65. The number of hydrogen-bond donors (Lipinski definition) is 1. The van der Waals surface area contributed by atoms with Crippen LogP contribution in [-0.2, 0) is 11.3 Å². The second-order valence-electron chi connectivity index (χ2n) is 4.48. The molecular weight excluding hydrogens is 298 g/mol. The van der Waals surface area contributed by atoms with Crippen molar-refractivity contribution in [3.63, 3.8) is 0 Å². The van der Waals surface area contributed by atoms with E-state index in [1.54, 1.807) is 0 Å². The molecule has 1 atom stereocenters. The van der Waals surface area contributed by atoms with Crippen LogP contribution >= 0.6 is 15.9 Å². The fourth-order valence-corrected chi connectivity index (χ4v) is 2.29. The average Bonchev–Trinajstić information content (AvgIpc) is 2.38. The molecule has 1 heterocycles. The Bertz CT molecular complexity index is 400. The molecule has 1 aliphatic heterocycles. The Labute approximate surface area is 116 Å². The van der Waals surface area contributed by atoms with E-state index in [1.807, 2.05) is 18.2 Å². The Morgan fingerprint density at radius 2 is 2.39 bits per heavy atom. The van der Waals surface area contributed by atoms with E-state index in [4.69, 9.17) is 9.47 Å². The molecule has 0 saturated carbocycles.